The van der Waals surface area contributed by atoms with Gasteiger partial charge in [-0.25, -0.2) is 4.68 Å². The van der Waals surface area contributed by atoms with Crippen LogP contribution in [0.15, 0.2) is 34.7 Å². The number of carbonyl (C=O) groups excluding carboxylic acids is 2. The molecule has 0 radical (unpaired) electrons. The van der Waals surface area contributed by atoms with Crippen molar-refractivity contribution in [2.24, 2.45) is 5.92 Å². The number of carbonyl (C=O) groups is 2. The molecule has 0 unspecified atom stereocenters. The topological polar surface area (TPSA) is 93.3 Å². The van der Waals surface area contributed by atoms with E-state index < -0.39 is 0 Å². The maximum Gasteiger partial charge on any atom is 0.253 e. The second-order valence-electron chi connectivity index (χ2n) is 8.97. The number of hydrogen-bond acceptors (Lipinski definition) is 5. The van der Waals surface area contributed by atoms with Gasteiger partial charge in [0.05, 0.1) is 18.1 Å². The Labute approximate surface area is 186 Å². The van der Waals surface area contributed by atoms with Crippen LogP contribution >= 0.6 is 0 Å². The molecule has 0 bridgehead atoms. The highest BCUT2D eigenvalue weighted by Gasteiger charge is 2.28. The summed E-state index contributed by atoms with van der Waals surface area (Å²) in [7, 11) is 0. The van der Waals surface area contributed by atoms with E-state index in [4.69, 9.17) is 4.42 Å². The number of likely N-dealkylation sites (tertiary alicyclic amines) is 1. The summed E-state index contributed by atoms with van der Waals surface area (Å²) in [5.41, 5.74) is 2.40. The lowest BCUT2D eigenvalue weighted by atomic mass is 9.95. The van der Waals surface area contributed by atoms with Crippen molar-refractivity contribution in [3.05, 3.63) is 47.4 Å². The highest BCUT2D eigenvalue weighted by Crippen LogP contribution is 2.31. The van der Waals surface area contributed by atoms with Crippen LogP contribution in [0.5, 0.6) is 0 Å². The van der Waals surface area contributed by atoms with E-state index in [2.05, 4.69) is 15.6 Å². The second kappa shape index (κ2) is 8.76. The average molecular weight is 436 g/mol. The van der Waals surface area contributed by atoms with Gasteiger partial charge in [-0.3, -0.25) is 9.59 Å². The fourth-order valence-corrected chi connectivity index (χ4v) is 4.92. The van der Waals surface area contributed by atoms with Gasteiger partial charge in [-0.05, 0) is 62.9 Å². The fourth-order valence-electron chi connectivity index (χ4n) is 4.92. The number of nitrogens with zero attached hydrogens (tertiary/aromatic N) is 4. The third-order valence-electron chi connectivity index (χ3n) is 6.77. The van der Waals surface area contributed by atoms with Gasteiger partial charge < -0.3 is 14.6 Å². The second-order valence-corrected chi connectivity index (χ2v) is 8.97. The smallest absolute Gasteiger partial charge is 0.253 e. The molecule has 1 aliphatic carbocycles. The van der Waals surface area contributed by atoms with Gasteiger partial charge in [0.25, 0.3) is 5.91 Å². The molecule has 3 heterocycles. The molecule has 8 nitrogen and oxygen atoms in total. The summed E-state index contributed by atoms with van der Waals surface area (Å²) < 4.78 is 7.52. The molecule has 32 heavy (non-hydrogen) atoms. The predicted octanol–water partition coefficient (Wildman–Crippen LogP) is 3.62. The Morgan fingerprint density at radius 3 is 2.59 bits per heavy atom. The molecule has 1 aliphatic heterocycles. The summed E-state index contributed by atoms with van der Waals surface area (Å²) in [6, 6.07) is 9.88. The molecular weight excluding hydrogens is 406 g/mol. The zero-order valence-corrected chi connectivity index (χ0v) is 18.4. The van der Waals surface area contributed by atoms with Crippen molar-refractivity contribution in [2.45, 2.75) is 58.0 Å². The summed E-state index contributed by atoms with van der Waals surface area (Å²) in [4.78, 5) is 27.4. The van der Waals surface area contributed by atoms with Gasteiger partial charge in [-0.1, -0.05) is 18.1 Å². The molecule has 8 heteroatoms. The first-order valence-electron chi connectivity index (χ1n) is 11.6. The molecule has 3 aromatic rings. The normalized spacial score (nSPS) is 17.8. The lowest BCUT2D eigenvalue weighted by Crippen LogP contribution is -2.42. The number of furan rings is 1. The van der Waals surface area contributed by atoms with Crippen LogP contribution in [-0.2, 0) is 11.3 Å². The first kappa shape index (κ1) is 20.7. The molecule has 2 fully saturated rings. The van der Waals surface area contributed by atoms with Crippen molar-refractivity contribution < 1.29 is 14.0 Å². The van der Waals surface area contributed by atoms with E-state index in [0.717, 1.165) is 35.4 Å². The molecule has 1 aromatic carbocycles. The summed E-state index contributed by atoms with van der Waals surface area (Å²) in [6.45, 7) is 3.42. The summed E-state index contributed by atoms with van der Waals surface area (Å²) in [5, 5.41) is 11.6. The summed E-state index contributed by atoms with van der Waals surface area (Å²) in [6.07, 6.45) is 6.08. The largest absolute Gasteiger partial charge is 0.465 e. The molecule has 5 rings (SSSR count). The van der Waals surface area contributed by atoms with Crippen LogP contribution in [0.2, 0.25) is 0 Å². The molecule has 168 valence electrons. The van der Waals surface area contributed by atoms with Gasteiger partial charge in [0.1, 0.15) is 17.0 Å². The maximum absolute atomic E-state index is 13.1. The van der Waals surface area contributed by atoms with E-state index >= 15 is 0 Å². The van der Waals surface area contributed by atoms with Crippen LogP contribution in [0.4, 0.5) is 0 Å². The molecule has 1 saturated heterocycles. The van der Waals surface area contributed by atoms with E-state index in [1.807, 2.05) is 46.8 Å². The Kier molecular flexibility index (Phi) is 5.68. The highest BCUT2D eigenvalue weighted by molar-refractivity contribution is 5.97. The van der Waals surface area contributed by atoms with E-state index in [0.29, 0.717) is 44.1 Å². The van der Waals surface area contributed by atoms with Gasteiger partial charge in [0.2, 0.25) is 5.91 Å². The van der Waals surface area contributed by atoms with Crippen molar-refractivity contribution in [2.75, 3.05) is 13.1 Å². The van der Waals surface area contributed by atoms with Gasteiger partial charge in [-0.2, -0.15) is 0 Å². The molecule has 2 aliphatic rings. The minimum Gasteiger partial charge on any atom is -0.465 e. The van der Waals surface area contributed by atoms with Crippen LogP contribution in [0, 0.1) is 12.8 Å². The summed E-state index contributed by atoms with van der Waals surface area (Å²) in [5.74, 6) is 1.52. The minimum atomic E-state index is -0.0797. The number of piperidine rings is 1. The van der Waals surface area contributed by atoms with Crippen molar-refractivity contribution >= 4 is 22.8 Å². The average Bonchev–Trinajstić information content (AvgIpc) is 3.57. The van der Waals surface area contributed by atoms with E-state index in [9.17, 15) is 9.59 Å². The van der Waals surface area contributed by atoms with E-state index in [1.54, 1.807) is 0 Å². The number of nitrogens with one attached hydrogen (secondary N) is 1. The molecule has 1 N–H and O–H groups in total. The molecule has 2 aromatic heterocycles. The lowest BCUT2D eigenvalue weighted by molar-refractivity contribution is -0.126. The molecule has 2 amide bonds. The minimum absolute atomic E-state index is 0.00719. The monoisotopic (exact) mass is 435 g/mol. The fraction of sp³-hybridized carbons (Fsp3) is 0.500. The quantitative estimate of drug-likeness (QED) is 0.661. The number of aryl methyl sites for hydroxylation is 1. The van der Waals surface area contributed by atoms with E-state index in [1.165, 1.54) is 12.8 Å². The number of fused-ring (bicyclic) bond motifs is 1. The van der Waals surface area contributed by atoms with Crippen molar-refractivity contribution in [1.82, 2.24) is 25.2 Å². The first-order valence-corrected chi connectivity index (χ1v) is 11.6. The lowest BCUT2D eigenvalue weighted by Gasteiger charge is -2.31. The Balaban J connectivity index is 1.18. The number of aromatic nitrogens is 3. The van der Waals surface area contributed by atoms with Crippen LogP contribution in [0.25, 0.3) is 11.0 Å². The number of rotatable bonds is 5. The van der Waals surface area contributed by atoms with Crippen LogP contribution in [0.3, 0.4) is 0 Å². The molecule has 0 atom stereocenters. The number of hydrogen-bond donors (Lipinski definition) is 1. The van der Waals surface area contributed by atoms with Gasteiger partial charge in [-0.15, -0.1) is 5.10 Å². The third-order valence-corrected chi connectivity index (χ3v) is 6.77. The highest BCUT2D eigenvalue weighted by atomic mass is 16.3. The van der Waals surface area contributed by atoms with Gasteiger partial charge in [0, 0.05) is 24.6 Å². The van der Waals surface area contributed by atoms with Gasteiger partial charge >= 0.3 is 0 Å². The molecular formula is C24H29N5O3. The van der Waals surface area contributed by atoms with Crippen molar-refractivity contribution in [3.63, 3.8) is 0 Å². The van der Waals surface area contributed by atoms with Crippen molar-refractivity contribution in [3.8, 4) is 0 Å². The van der Waals surface area contributed by atoms with Gasteiger partial charge in [0.15, 0.2) is 0 Å². The van der Waals surface area contributed by atoms with Crippen LogP contribution < -0.4 is 5.32 Å². The van der Waals surface area contributed by atoms with Crippen molar-refractivity contribution in [1.29, 1.82) is 0 Å². The maximum atomic E-state index is 13.1. The SMILES string of the molecule is Cc1ccc(CNC(=O)C2CCN(C(=O)c3ccc4c(c3)nnn4C3CCCC3)CC2)o1. The number of amides is 2. The Hall–Kier alpha value is -3.16. The molecule has 0 spiro atoms. The van der Waals surface area contributed by atoms with Crippen LogP contribution in [0.1, 0.15) is 66.4 Å². The Bertz CT molecular complexity index is 1120. The summed E-state index contributed by atoms with van der Waals surface area (Å²) >= 11 is 0. The third kappa shape index (κ3) is 4.13. The predicted molar refractivity (Wildman–Crippen MR) is 119 cm³/mol. The van der Waals surface area contributed by atoms with E-state index in [-0.39, 0.29) is 17.7 Å². The number of benzene rings is 1. The van der Waals surface area contributed by atoms with Crippen LogP contribution in [-0.4, -0.2) is 44.8 Å². The first-order chi connectivity index (χ1) is 15.6. The Morgan fingerprint density at radius 1 is 1.09 bits per heavy atom. The molecule has 1 saturated carbocycles. The standard InChI is InChI=1S/C24H29N5O3/c1-16-6-8-20(32-16)15-25-23(30)17-10-12-28(13-11-17)24(31)18-7-9-22-21(14-18)26-27-29(22)19-4-2-3-5-19/h6-9,14,17,19H,2-5,10-13,15H2,1H3,(H,25,30). The Morgan fingerprint density at radius 2 is 1.88 bits per heavy atom. The zero-order valence-electron chi connectivity index (χ0n) is 18.4. The zero-order chi connectivity index (χ0) is 22.1.